The van der Waals surface area contributed by atoms with Gasteiger partial charge in [-0.1, -0.05) is 6.07 Å². The zero-order valence-corrected chi connectivity index (χ0v) is 17.6. The molecule has 0 atom stereocenters. The highest BCUT2D eigenvalue weighted by Gasteiger charge is 2.18. The van der Waals surface area contributed by atoms with E-state index in [2.05, 4.69) is 10.2 Å². The zero-order valence-electron chi connectivity index (χ0n) is 16.8. The summed E-state index contributed by atoms with van der Waals surface area (Å²) in [5, 5.41) is 29.7. The van der Waals surface area contributed by atoms with Crippen molar-refractivity contribution in [3.05, 3.63) is 63.7 Å². The number of nitrogens with two attached hydrogens (primary N) is 2. The predicted molar refractivity (Wildman–Crippen MR) is 113 cm³/mol. The highest BCUT2D eigenvalue weighted by atomic mass is 32.2. The van der Waals surface area contributed by atoms with E-state index in [-0.39, 0.29) is 28.8 Å². The molecule has 5 N–H and O–H groups in total. The largest absolute Gasteiger partial charge is 0.493 e. The molecule has 0 heterocycles. The molecule has 0 aliphatic rings. The van der Waals surface area contributed by atoms with E-state index in [0.717, 1.165) is 5.56 Å². The van der Waals surface area contributed by atoms with Crippen LogP contribution in [0.4, 0.5) is 0 Å². The summed E-state index contributed by atoms with van der Waals surface area (Å²) in [7, 11) is -4.09. The van der Waals surface area contributed by atoms with Crippen molar-refractivity contribution in [3.63, 3.8) is 0 Å². The van der Waals surface area contributed by atoms with E-state index >= 15 is 0 Å². The van der Waals surface area contributed by atoms with E-state index in [4.69, 9.17) is 41.0 Å². The molecule has 2 rings (SSSR count). The van der Waals surface area contributed by atoms with Crippen molar-refractivity contribution >= 4 is 22.3 Å². The first-order valence-electron chi connectivity index (χ1n) is 8.66. The number of nitriles is 1. The quantitative estimate of drug-likeness (QED) is 0.127. The first-order chi connectivity index (χ1) is 15.0. The molecule has 14 heteroatoms. The number of rotatable bonds is 8. The van der Waals surface area contributed by atoms with Crippen LogP contribution in [-0.2, 0) is 10.1 Å². The molecule has 32 heavy (non-hydrogen) atoms. The molecule has 2 aromatic carbocycles. The van der Waals surface area contributed by atoms with Gasteiger partial charge in [-0.05, 0) is 42.8 Å². The van der Waals surface area contributed by atoms with E-state index in [1.807, 2.05) is 6.07 Å². The first kappa shape index (κ1) is 25.7. The van der Waals surface area contributed by atoms with Crippen molar-refractivity contribution in [2.24, 2.45) is 21.7 Å². The number of benzene rings is 2. The Kier molecular flexibility index (Phi) is 9.90. The average Bonchev–Trinajstić information content (AvgIpc) is 2.69. The Morgan fingerprint density at radius 2 is 1.94 bits per heavy atom. The van der Waals surface area contributed by atoms with Gasteiger partial charge in [0.05, 0.1) is 18.2 Å². The minimum Gasteiger partial charge on any atom is -0.493 e. The third-order valence-corrected chi connectivity index (χ3v) is 4.50. The van der Waals surface area contributed by atoms with Crippen LogP contribution in [0.25, 0.3) is 0 Å². The van der Waals surface area contributed by atoms with Gasteiger partial charge in [-0.2, -0.15) is 18.8 Å². The topological polar surface area (TPSA) is 217 Å². The van der Waals surface area contributed by atoms with Crippen molar-refractivity contribution in [1.82, 2.24) is 0 Å². The monoisotopic (exact) mass is 464 g/mol. The van der Waals surface area contributed by atoms with Crippen LogP contribution < -0.4 is 20.4 Å². The molecule has 0 aromatic heterocycles. The van der Waals surface area contributed by atoms with Crippen LogP contribution in [0, 0.1) is 28.4 Å². The summed E-state index contributed by atoms with van der Waals surface area (Å²) in [6.07, 6.45) is 1.93. The minimum atomic E-state index is -4.09. The summed E-state index contributed by atoms with van der Waals surface area (Å²) in [6.45, 7) is 2.06. The highest BCUT2D eigenvalue weighted by molar-refractivity contribution is 7.87. The predicted octanol–water partition coefficient (Wildman–Crippen LogP) is 1.31. The molecule has 0 aliphatic heterocycles. The van der Waals surface area contributed by atoms with Crippen molar-refractivity contribution in [2.45, 2.75) is 18.2 Å². The van der Waals surface area contributed by atoms with Gasteiger partial charge in [-0.25, -0.2) is 0 Å². The number of hydrogen-bond acceptors (Lipinski definition) is 9. The maximum absolute atomic E-state index is 12.5. The summed E-state index contributed by atoms with van der Waals surface area (Å²) >= 11 is 0. The lowest BCUT2D eigenvalue weighted by atomic mass is 10.2. The maximum Gasteiger partial charge on any atom is 0.339 e. The molecule has 0 saturated carbocycles. The number of nitrogens with zero attached hydrogens (tertiary/aromatic N) is 4. The Morgan fingerprint density at radius 1 is 1.28 bits per heavy atom. The van der Waals surface area contributed by atoms with Gasteiger partial charge in [-0.3, -0.25) is 0 Å². The van der Waals surface area contributed by atoms with Crippen LogP contribution >= 0.6 is 0 Å². The van der Waals surface area contributed by atoms with Gasteiger partial charge in [0.2, 0.25) is 5.96 Å². The van der Waals surface area contributed by atoms with Crippen LogP contribution in [0.3, 0.4) is 0 Å². The summed E-state index contributed by atoms with van der Waals surface area (Å²) in [5.41, 5.74) is 11.3. The normalized spacial score (nSPS) is 10.4. The molecule has 13 nitrogen and oxygen atoms in total. The molecule has 0 aliphatic carbocycles. The number of ether oxygens (including phenoxy) is 1. The molecule has 0 amide bonds. The van der Waals surface area contributed by atoms with E-state index < -0.39 is 15.2 Å². The van der Waals surface area contributed by atoms with E-state index in [1.165, 1.54) is 36.5 Å². The summed E-state index contributed by atoms with van der Waals surface area (Å²) < 4.78 is 35.7. The lowest BCUT2D eigenvalue weighted by Crippen LogP contribution is -2.21. The standard InChI is InChI=1S/C18H19N5O4S.HNO3/c1-13-8-15(26-7-3-6-22-23-18(20)21)11-16(9-13)27-28(24,25)17-5-2-4-14(10-17)12-19;2-1(3)4/h2,4-6,8-11H,3,7H2,1H3,(H4,20,21,23);(H,2,3,4). The molecular weight excluding hydrogens is 444 g/mol. The van der Waals surface area contributed by atoms with Crippen LogP contribution in [0.1, 0.15) is 17.5 Å². The minimum absolute atomic E-state index is 0.103. The van der Waals surface area contributed by atoms with Gasteiger partial charge in [0.1, 0.15) is 16.4 Å². The summed E-state index contributed by atoms with van der Waals surface area (Å²) in [4.78, 5) is 8.26. The Labute approximate surface area is 183 Å². The SMILES string of the molecule is Cc1cc(OCCC=NN=C(N)N)cc(OS(=O)(=O)c2cccc(C#N)c2)c1.O=[N+]([O-])O. The molecule has 0 fully saturated rings. The fraction of sp³-hybridized carbons (Fsp3) is 0.167. The number of hydrogen-bond donors (Lipinski definition) is 3. The van der Waals surface area contributed by atoms with Gasteiger partial charge in [0.15, 0.2) is 0 Å². The molecule has 0 radical (unpaired) electrons. The summed E-state index contributed by atoms with van der Waals surface area (Å²) in [5.74, 6) is 0.400. The summed E-state index contributed by atoms with van der Waals surface area (Å²) in [6, 6.07) is 12.3. The van der Waals surface area contributed by atoms with Crippen molar-refractivity contribution in [3.8, 4) is 17.6 Å². The third-order valence-electron chi connectivity index (χ3n) is 3.25. The maximum atomic E-state index is 12.5. The first-order valence-corrected chi connectivity index (χ1v) is 10.1. The van der Waals surface area contributed by atoms with E-state index in [0.29, 0.717) is 12.2 Å². The second-order valence-corrected chi connectivity index (χ2v) is 7.40. The van der Waals surface area contributed by atoms with Gasteiger partial charge < -0.3 is 25.6 Å². The number of aryl methyl sites for hydroxylation is 1. The van der Waals surface area contributed by atoms with Crippen LogP contribution in [-0.4, -0.2) is 37.5 Å². The Hall–Kier alpha value is -4.38. The van der Waals surface area contributed by atoms with Crippen LogP contribution in [0.2, 0.25) is 0 Å². The molecule has 0 bridgehead atoms. The fourth-order valence-corrected chi connectivity index (χ4v) is 3.10. The van der Waals surface area contributed by atoms with E-state index in [9.17, 15) is 8.42 Å². The van der Waals surface area contributed by atoms with Gasteiger partial charge in [0, 0.05) is 18.7 Å². The zero-order chi connectivity index (χ0) is 24.1. The molecule has 0 saturated heterocycles. The van der Waals surface area contributed by atoms with Crippen LogP contribution in [0.15, 0.2) is 57.6 Å². The van der Waals surface area contributed by atoms with Gasteiger partial charge in [0.25, 0.3) is 5.09 Å². The van der Waals surface area contributed by atoms with Crippen LogP contribution in [0.5, 0.6) is 11.5 Å². The molecule has 2 aromatic rings. The number of guanidine groups is 1. The Balaban J connectivity index is 0.00000118. The van der Waals surface area contributed by atoms with Crippen molar-refractivity contribution < 1.29 is 27.6 Å². The molecule has 170 valence electrons. The van der Waals surface area contributed by atoms with Gasteiger partial charge >= 0.3 is 10.1 Å². The highest BCUT2D eigenvalue weighted by Crippen LogP contribution is 2.26. The third kappa shape index (κ3) is 9.89. The smallest absolute Gasteiger partial charge is 0.339 e. The second-order valence-electron chi connectivity index (χ2n) is 5.86. The fourth-order valence-electron chi connectivity index (χ4n) is 2.14. The van der Waals surface area contributed by atoms with E-state index in [1.54, 1.807) is 19.1 Å². The van der Waals surface area contributed by atoms with Crippen molar-refractivity contribution in [2.75, 3.05) is 6.61 Å². The molecule has 0 unspecified atom stereocenters. The Bertz CT molecular complexity index is 1130. The average molecular weight is 464 g/mol. The second kappa shape index (κ2) is 12.3. The van der Waals surface area contributed by atoms with Gasteiger partial charge in [-0.15, -0.1) is 15.2 Å². The lowest BCUT2D eigenvalue weighted by molar-refractivity contribution is -0.742. The van der Waals surface area contributed by atoms with Crippen molar-refractivity contribution in [1.29, 1.82) is 5.26 Å². The Morgan fingerprint density at radius 3 is 2.56 bits per heavy atom. The molecule has 0 spiro atoms. The molecular formula is C18H20N6O7S. The lowest BCUT2D eigenvalue weighted by Gasteiger charge is -2.11.